The van der Waals surface area contributed by atoms with Crippen LogP contribution in [0.4, 0.5) is 0 Å². The molecule has 2 aliphatic rings. The van der Waals surface area contributed by atoms with E-state index in [0.29, 0.717) is 43.5 Å². The Balaban J connectivity index is 1.17. The maximum Gasteiger partial charge on any atom is 0.272 e. The van der Waals surface area contributed by atoms with Crippen molar-refractivity contribution in [3.63, 3.8) is 0 Å². The monoisotopic (exact) mass is 430 g/mol. The molecule has 0 radical (unpaired) electrons. The van der Waals surface area contributed by atoms with Crippen LogP contribution in [0.25, 0.3) is 11.3 Å². The quantitative estimate of drug-likeness (QED) is 0.674. The molecular weight excluding hydrogens is 404 g/mol. The Kier molecular flexibility index (Phi) is 5.39. The number of aromatic amines is 1. The van der Waals surface area contributed by atoms with Gasteiger partial charge in [0.2, 0.25) is 5.91 Å². The fourth-order valence-corrected chi connectivity index (χ4v) is 4.43. The summed E-state index contributed by atoms with van der Waals surface area (Å²) in [6.45, 7) is 2.19. The van der Waals surface area contributed by atoms with Crippen LogP contribution >= 0.6 is 0 Å². The summed E-state index contributed by atoms with van der Waals surface area (Å²) in [6.07, 6.45) is 0.920. The lowest BCUT2D eigenvalue weighted by Gasteiger charge is -2.34. The van der Waals surface area contributed by atoms with Crippen LogP contribution in [0.2, 0.25) is 0 Å². The maximum absolute atomic E-state index is 13.0. The van der Waals surface area contributed by atoms with Gasteiger partial charge in [-0.05, 0) is 36.1 Å². The first-order chi connectivity index (χ1) is 15.6. The number of benzene rings is 2. The van der Waals surface area contributed by atoms with Crippen molar-refractivity contribution in [3.05, 3.63) is 71.9 Å². The lowest BCUT2D eigenvalue weighted by atomic mass is 10.1. The number of amides is 2. The van der Waals surface area contributed by atoms with Crippen LogP contribution in [-0.2, 0) is 4.79 Å². The molecule has 1 aromatic heterocycles. The van der Waals surface area contributed by atoms with E-state index >= 15 is 0 Å². The van der Waals surface area contributed by atoms with Gasteiger partial charge in [0.25, 0.3) is 5.91 Å². The van der Waals surface area contributed by atoms with Crippen molar-refractivity contribution in [1.29, 1.82) is 0 Å². The van der Waals surface area contributed by atoms with Crippen LogP contribution in [0.5, 0.6) is 5.75 Å². The minimum atomic E-state index is -0.0904. The third-order valence-electron chi connectivity index (χ3n) is 6.39. The number of nitrogens with zero attached hydrogens (tertiary/aromatic N) is 3. The van der Waals surface area contributed by atoms with Gasteiger partial charge >= 0.3 is 0 Å². The van der Waals surface area contributed by atoms with Gasteiger partial charge in [-0.15, -0.1) is 0 Å². The summed E-state index contributed by atoms with van der Waals surface area (Å²) in [5, 5.41) is 7.16. The van der Waals surface area contributed by atoms with E-state index in [4.69, 9.17) is 4.74 Å². The molecule has 7 nitrogen and oxygen atoms in total. The molecule has 1 saturated heterocycles. The van der Waals surface area contributed by atoms with Crippen molar-refractivity contribution in [2.75, 3.05) is 33.3 Å². The van der Waals surface area contributed by atoms with Crippen LogP contribution in [0.1, 0.15) is 28.4 Å². The first-order valence-corrected chi connectivity index (χ1v) is 11.0. The van der Waals surface area contributed by atoms with Crippen LogP contribution in [0.3, 0.4) is 0 Å². The third-order valence-corrected chi connectivity index (χ3v) is 6.39. The van der Waals surface area contributed by atoms with Crippen molar-refractivity contribution in [2.24, 2.45) is 5.92 Å². The summed E-state index contributed by atoms with van der Waals surface area (Å²) < 4.78 is 5.26. The molecule has 3 aromatic rings. The number of ether oxygens (including phenoxy) is 1. The average Bonchev–Trinajstić information content (AvgIpc) is 3.51. The Labute approximate surface area is 187 Å². The van der Waals surface area contributed by atoms with E-state index in [-0.39, 0.29) is 17.7 Å². The zero-order valence-electron chi connectivity index (χ0n) is 18.0. The Morgan fingerprint density at radius 1 is 0.969 bits per heavy atom. The molecule has 5 rings (SSSR count). The molecular formula is C25H26N4O3. The molecule has 0 unspecified atom stereocenters. The predicted octanol–water partition coefficient (Wildman–Crippen LogP) is 3.17. The second-order valence-corrected chi connectivity index (χ2v) is 8.38. The number of hydrogen-bond donors (Lipinski definition) is 1. The standard InChI is InChI=1S/C25H26N4O3/c1-32-19-9-5-8-18(14-19)22-16-23(27-26-22)25(31)29-12-10-28(11-13-29)24(30)21-15-20(21)17-6-3-2-4-7-17/h2-9,14,16,20-21H,10-13,15H2,1H3,(H,26,27)/t20-,21-/m0/s1. The summed E-state index contributed by atoms with van der Waals surface area (Å²) >= 11 is 0. The SMILES string of the molecule is COc1cccc(-c2cc(C(=O)N3CCN(C(=O)[C@H]4C[C@H]4c4ccccc4)CC3)[nH]n2)c1. The van der Waals surface area contributed by atoms with Crippen molar-refractivity contribution in [2.45, 2.75) is 12.3 Å². The Hall–Kier alpha value is -3.61. The Morgan fingerprint density at radius 3 is 2.47 bits per heavy atom. The molecule has 0 spiro atoms. The number of aromatic nitrogens is 2. The van der Waals surface area contributed by atoms with E-state index in [9.17, 15) is 9.59 Å². The lowest BCUT2D eigenvalue weighted by Crippen LogP contribution is -2.51. The Morgan fingerprint density at radius 2 is 1.72 bits per heavy atom. The molecule has 2 fully saturated rings. The molecule has 2 atom stereocenters. The molecule has 0 bridgehead atoms. The number of carbonyl (C=O) groups excluding carboxylic acids is 2. The van der Waals surface area contributed by atoms with Gasteiger partial charge in [0.05, 0.1) is 12.8 Å². The Bertz CT molecular complexity index is 1120. The van der Waals surface area contributed by atoms with Crippen LogP contribution in [0, 0.1) is 5.92 Å². The normalized spacial score (nSPS) is 20.2. The minimum Gasteiger partial charge on any atom is -0.497 e. The number of rotatable bonds is 5. The third kappa shape index (κ3) is 3.98. The molecule has 1 saturated carbocycles. The summed E-state index contributed by atoms with van der Waals surface area (Å²) in [6, 6.07) is 19.6. The molecule has 1 aliphatic heterocycles. The predicted molar refractivity (Wildman–Crippen MR) is 120 cm³/mol. The van der Waals surface area contributed by atoms with Gasteiger partial charge in [-0.25, -0.2) is 0 Å². The molecule has 1 N–H and O–H groups in total. The number of nitrogens with one attached hydrogen (secondary N) is 1. The van der Waals surface area contributed by atoms with Crippen LogP contribution in [-0.4, -0.2) is 65.1 Å². The summed E-state index contributed by atoms with van der Waals surface area (Å²) in [7, 11) is 1.62. The summed E-state index contributed by atoms with van der Waals surface area (Å²) in [4.78, 5) is 29.5. The van der Waals surface area contributed by atoms with Crippen LogP contribution < -0.4 is 4.74 Å². The highest BCUT2D eigenvalue weighted by Gasteiger charge is 2.46. The number of H-pyrrole nitrogens is 1. The summed E-state index contributed by atoms with van der Waals surface area (Å²) in [5.74, 6) is 1.28. The molecule has 7 heteroatoms. The average molecular weight is 431 g/mol. The topological polar surface area (TPSA) is 78.5 Å². The summed E-state index contributed by atoms with van der Waals surface area (Å²) in [5.41, 5.74) is 3.27. The smallest absolute Gasteiger partial charge is 0.272 e. The maximum atomic E-state index is 13.0. The highest BCUT2D eigenvalue weighted by molar-refractivity contribution is 5.93. The highest BCUT2D eigenvalue weighted by atomic mass is 16.5. The van der Waals surface area contributed by atoms with Gasteiger partial charge in [-0.1, -0.05) is 42.5 Å². The van der Waals surface area contributed by atoms with Gasteiger partial charge in [0.1, 0.15) is 11.4 Å². The van der Waals surface area contributed by atoms with Crippen molar-refractivity contribution >= 4 is 11.8 Å². The van der Waals surface area contributed by atoms with Gasteiger partial charge in [-0.3, -0.25) is 14.7 Å². The van der Waals surface area contributed by atoms with E-state index in [1.807, 2.05) is 47.4 Å². The van der Waals surface area contributed by atoms with Gasteiger partial charge in [0, 0.05) is 37.7 Å². The number of carbonyl (C=O) groups is 2. The van der Waals surface area contributed by atoms with Crippen molar-refractivity contribution in [1.82, 2.24) is 20.0 Å². The number of hydrogen-bond acceptors (Lipinski definition) is 4. The van der Waals surface area contributed by atoms with E-state index in [1.54, 1.807) is 18.1 Å². The molecule has 2 aromatic carbocycles. The molecule has 32 heavy (non-hydrogen) atoms. The molecule has 164 valence electrons. The number of methoxy groups -OCH3 is 1. The fraction of sp³-hybridized carbons (Fsp3) is 0.320. The molecule has 2 amide bonds. The second kappa shape index (κ2) is 8.49. The molecule has 2 heterocycles. The van der Waals surface area contributed by atoms with Crippen LogP contribution in [0.15, 0.2) is 60.7 Å². The van der Waals surface area contributed by atoms with Gasteiger partial charge in [0.15, 0.2) is 0 Å². The van der Waals surface area contributed by atoms with E-state index in [2.05, 4.69) is 22.3 Å². The first-order valence-electron chi connectivity index (χ1n) is 11.0. The van der Waals surface area contributed by atoms with E-state index in [0.717, 1.165) is 17.7 Å². The number of piperazine rings is 1. The zero-order chi connectivity index (χ0) is 22.1. The zero-order valence-corrected chi connectivity index (χ0v) is 18.0. The fourth-order valence-electron chi connectivity index (χ4n) is 4.43. The van der Waals surface area contributed by atoms with Crippen molar-refractivity contribution < 1.29 is 14.3 Å². The molecule has 1 aliphatic carbocycles. The first kappa shape index (κ1) is 20.3. The minimum absolute atomic E-state index is 0.0812. The van der Waals surface area contributed by atoms with Gasteiger partial charge in [-0.2, -0.15) is 5.10 Å². The van der Waals surface area contributed by atoms with Gasteiger partial charge < -0.3 is 14.5 Å². The van der Waals surface area contributed by atoms with E-state index in [1.165, 1.54) is 5.56 Å². The van der Waals surface area contributed by atoms with Crippen molar-refractivity contribution in [3.8, 4) is 17.0 Å². The van der Waals surface area contributed by atoms with E-state index < -0.39 is 0 Å². The second-order valence-electron chi connectivity index (χ2n) is 8.38. The largest absolute Gasteiger partial charge is 0.497 e. The highest BCUT2D eigenvalue weighted by Crippen LogP contribution is 2.48. The lowest BCUT2D eigenvalue weighted by molar-refractivity contribution is -0.134.